The van der Waals surface area contributed by atoms with Crippen molar-refractivity contribution in [2.24, 2.45) is 0 Å². The lowest BCUT2D eigenvalue weighted by Crippen LogP contribution is -2.22. The fraction of sp³-hybridized carbons (Fsp3) is 0.233. The highest BCUT2D eigenvalue weighted by Crippen LogP contribution is 2.34. The van der Waals surface area contributed by atoms with Gasteiger partial charge in [-0.2, -0.15) is 0 Å². The Morgan fingerprint density at radius 2 is 1.55 bits per heavy atom. The van der Waals surface area contributed by atoms with Crippen LogP contribution < -0.4 is 20.8 Å². The topological polar surface area (TPSA) is 97.6 Å². The SMILES string of the molecule is CC(=O)Nc1ccc(NC(=O)COc2c(-c3ccc(C(C)(C)C)cc3)oc3cc(C)c(Cl)cc3c2=O)cc1. The van der Waals surface area contributed by atoms with Crippen LogP contribution in [0.5, 0.6) is 5.75 Å². The molecule has 0 aliphatic rings. The van der Waals surface area contributed by atoms with Crippen LogP contribution >= 0.6 is 11.6 Å². The number of amides is 2. The minimum absolute atomic E-state index is 0.0473. The van der Waals surface area contributed by atoms with Crippen molar-refractivity contribution in [3.63, 3.8) is 0 Å². The van der Waals surface area contributed by atoms with Crippen molar-refractivity contribution in [2.75, 3.05) is 17.2 Å². The molecule has 0 saturated carbocycles. The lowest BCUT2D eigenvalue weighted by atomic mass is 9.86. The van der Waals surface area contributed by atoms with Gasteiger partial charge in [-0.25, -0.2) is 0 Å². The Hall–Kier alpha value is -4.10. The molecular weight excluding hydrogens is 504 g/mol. The highest BCUT2D eigenvalue weighted by Gasteiger charge is 2.21. The lowest BCUT2D eigenvalue weighted by molar-refractivity contribution is -0.118. The normalized spacial score (nSPS) is 11.3. The summed E-state index contributed by atoms with van der Waals surface area (Å²) in [4.78, 5) is 37.4. The maximum Gasteiger partial charge on any atom is 0.262 e. The molecule has 7 nitrogen and oxygen atoms in total. The minimum atomic E-state index is -0.465. The van der Waals surface area contributed by atoms with E-state index >= 15 is 0 Å². The molecule has 4 rings (SSSR count). The van der Waals surface area contributed by atoms with E-state index in [4.69, 9.17) is 20.8 Å². The predicted molar refractivity (Wildman–Crippen MR) is 151 cm³/mol. The molecule has 0 saturated heterocycles. The van der Waals surface area contributed by atoms with Crippen LogP contribution in [0.15, 0.2) is 69.9 Å². The quantitative estimate of drug-likeness (QED) is 0.288. The Labute approximate surface area is 225 Å². The van der Waals surface area contributed by atoms with Crippen molar-refractivity contribution < 1.29 is 18.7 Å². The summed E-state index contributed by atoms with van der Waals surface area (Å²) < 4.78 is 12.0. The fourth-order valence-corrected chi connectivity index (χ4v) is 4.08. The van der Waals surface area contributed by atoms with Crippen LogP contribution in [0.4, 0.5) is 11.4 Å². The second-order valence-electron chi connectivity index (χ2n) is 10.1. The van der Waals surface area contributed by atoms with E-state index in [2.05, 4.69) is 31.4 Å². The van der Waals surface area contributed by atoms with Crippen LogP contribution in [0.25, 0.3) is 22.3 Å². The van der Waals surface area contributed by atoms with Gasteiger partial charge in [0.1, 0.15) is 5.58 Å². The number of nitrogens with one attached hydrogen (secondary N) is 2. The first-order chi connectivity index (χ1) is 17.9. The van der Waals surface area contributed by atoms with Gasteiger partial charge < -0.3 is 19.8 Å². The van der Waals surface area contributed by atoms with E-state index in [1.807, 2.05) is 31.2 Å². The van der Waals surface area contributed by atoms with Gasteiger partial charge in [-0.1, -0.05) is 56.6 Å². The Kier molecular flexibility index (Phi) is 7.60. The van der Waals surface area contributed by atoms with Crippen molar-refractivity contribution in [3.8, 4) is 17.1 Å². The van der Waals surface area contributed by atoms with Gasteiger partial charge in [-0.15, -0.1) is 0 Å². The smallest absolute Gasteiger partial charge is 0.262 e. The molecular formula is C30H29ClN2O5. The molecule has 0 bridgehead atoms. The standard InChI is InChI=1S/C30H29ClN2O5/c1-17-14-25-23(15-24(17)31)27(36)29(28(38-25)19-6-8-20(9-7-19)30(3,4)5)37-16-26(35)33-22-12-10-21(11-13-22)32-18(2)34/h6-15H,16H2,1-5H3,(H,32,34)(H,33,35). The molecule has 0 aliphatic carbocycles. The number of aryl methyl sites for hydroxylation is 1. The molecule has 0 fully saturated rings. The lowest BCUT2D eigenvalue weighted by Gasteiger charge is -2.19. The van der Waals surface area contributed by atoms with Crippen LogP contribution in [0.1, 0.15) is 38.8 Å². The van der Waals surface area contributed by atoms with Crippen molar-refractivity contribution >= 4 is 45.8 Å². The van der Waals surface area contributed by atoms with Crippen LogP contribution in [-0.2, 0) is 15.0 Å². The summed E-state index contributed by atoms with van der Waals surface area (Å²) in [5.41, 5.74) is 3.57. The number of fused-ring (bicyclic) bond motifs is 1. The Bertz CT molecular complexity index is 1570. The molecule has 0 unspecified atom stereocenters. The van der Waals surface area contributed by atoms with E-state index in [0.29, 0.717) is 27.5 Å². The van der Waals surface area contributed by atoms with Gasteiger partial charge in [0.05, 0.1) is 5.39 Å². The molecule has 8 heteroatoms. The summed E-state index contributed by atoms with van der Waals surface area (Å²) in [6, 6.07) is 17.6. The summed E-state index contributed by atoms with van der Waals surface area (Å²) in [5, 5.41) is 6.07. The molecule has 0 spiro atoms. The monoisotopic (exact) mass is 532 g/mol. The Morgan fingerprint density at radius 1 is 0.947 bits per heavy atom. The van der Waals surface area contributed by atoms with Crippen molar-refractivity contribution in [2.45, 2.75) is 40.0 Å². The average molecular weight is 533 g/mol. The number of ether oxygens (including phenoxy) is 1. The number of rotatable bonds is 6. The summed E-state index contributed by atoms with van der Waals surface area (Å²) in [6.45, 7) is 9.17. The third-order valence-electron chi connectivity index (χ3n) is 5.98. The van der Waals surface area contributed by atoms with Crippen molar-refractivity contribution in [1.82, 2.24) is 0 Å². The minimum Gasteiger partial charge on any atom is -0.476 e. The number of anilines is 2. The average Bonchev–Trinajstić information content (AvgIpc) is 2.85. The molecule has 4 aromatic rings. The molecule has 2 N–H and O–H groups in total. The molecule has 0 aliphatic heterocycles. The Morgan fingerprint density at radius 3 is 2.13 bits per heavy atom. The van der Waals surface area contributed by atoms with Crippen LogP contribution in [0.2, 0.25) is 5.02 Å². The first kappa shape index (κ1) is 26.9. The summed E-state index contributed by atoms with van der Waals surface area (Å²) in [6.07, 6.45) is 0. The zero-order valence-electron chi connectivity index (χ0n) is 21.9. The number of carbonyl (C=O) groups is 2. The van der Waals surface area contributed by atoms with Crippen LogP contribution in [0, 0.1) is 6.92 Å². The van der Waals surface area contributed by atoms with Gasteiger partial charge in [-0.3, -0.25) is 14.4 Å². The maximum absolute atomic E-state index is 13.5. The fourth-order valence-electron chi connectivity index (χ4n) is 3.92. The number of hydrogen-bond acceptors (Lipinski definition) is 5. The van der Waals surface area contributed by atoms with Gasteiger partial charge in [0, 0.05) is 28.9 Å². The van der Waals surface area contributed by atoms with E-state index in [-0.39, 0.29) is 28.2 Å². The number of hydrogen-bond donors (Lipinski definition) is 2. The maximum atomic E-state index is 13.5. The first-order valence-electron chi connectivity index (χ1n) is 12.1. The van der Waals surface area contributed by atoms with E-state index in [1.54, 1.807) is 36.4 Å². The summed E-state index contributed by atoms with van der Waals surface area (Å²) >= 11 is 6.28. The molecule has 38 heavy (non-hydrogen) atoms. The van der Waals surface area contributed by atoms with Gasteiger partial charge in [0.2, 0.25) is 17.1 Å². The zero-order chi connectivity index (χ0) is 27.6. The third-order valence-corrected chi connectivity index (χ3v) is 6.39. The van der Waals surface area contributed by atoms with Crippen LogP contribution in [-0.4, -0.2) is 18.4 Å². The number of carbonyl (C=O) groups excluding carboxylic acids is 2. The molecule has 1 aromatic heterocycles. The highest BCUT2D eigenvalue weighted by molar-refractivity contribution is 6.32. The summed E-state index contributed by atoms with van der Waals surface area (Å²) in [7, 11) is 0. The Balaban J connectivity index is 1.65. The molecule has 3 aromatic carbocycles. The number of benzene rings is 3. The van der Waals surface area contributed by atoms with Gasteiger partial charge in [0.25, 0.3) is 5.91 Å². The van der Waals surface area contributed by atoms with Gasteiger partial charge in [-0.05, 0) is 59.9 Å². The second kappa shape index (κ2) is 10.7. The number of halogens is 1. The molecule has 0 atom stereocenters. The second-order valence-corrected chi connectivity index (χ2v) is 10.5. The van der Waals surface area contributed by atoms with Gasteiger partial charge >= 0.3 is 0 Å². The largest absolute Gasteiger partial charge is 0.476 e. The zero-order valence-corrected chi connectivity index (χ0v) is 22.7. The summed E-state index contributed by atoms with van der Waals surface area (Å²) in [5.74, 6) is -0.494. The molecule has 0 radical (unpaired) electrons. The van der Waals surface area contributed by atoms with Crippen LogP contribution in [0.3, 0.4) is 0 Å². The van der Waals surface area contributed by atoms with E-state index in [1.165, 1.54) is 6.92 Å². The van der Waals surface area contributed by atoms with E-state index < -0.39 is 17.9 Å². The van der Waals surface area contributed by atoms with Gasteiger partial charge in [0.15, 0.2) is 12.4 Å². The third kappa shape index (κ3) is 6.06. The molecule has 1 heterocycles. The predicted octanol–water partition coefficient (Wildman–Crippen LogP) is 6.70. The molecule has 196 valence electrons. The van der Waals surface area contributed by atoms with Crippen molar-refractivity contribution in [3.05, 3.63) is 87.0 Å². The first-order valence-corrected chi connectivity index (χ1v) is 12.5. The van der Waals surface area contributed by atoms with E-state index in [9.17, 15) is 14.4 Å². The van der Waals surface area contributed by atoms with Crippen molar-refractivity contribution in [1.29, 1.82) is 0 Å². The van der Waals surface area contributed by atoms with E-state index in [0.717, 1.165) is 11.1 Å². The molecule has 2 amide bonds. The highest BCUT2D eigenvalue weighted by atomic mass is 35.5.